The topological polar surface area (TPSA) is 38.9 Å². The monoisotopic (exact) mass is 256 g/mol. The molecule has 4 rings (SSSR count). The van der Waals surface area contributed by atoms with Crippen molar-refractivity contribution in [3.05, 3.63) is 29.6 Å². The highest BCUT2D eigenvalue weighted by molar-refractivity contribution is 5.28. The van der Waals surface area contributed by atoms with Gasteiger partial charge in [-0.25, -0.2) is 0 Å². The molecule has 2 saturated carbocycles. The third kappa shape index (κ3) is 1.92. The highest BCUT2D eigenvalue weighted by Crippen LogP contribution is 2.58. The largest absolute Gasteiger partial charge is 0.327 e. The van der Waals surface area contributed by atoms with Crippen LogP contribution in [0.25, 0.3) is 0 Å². The molecule has 1 aromatic rings. The number of aryl methyl sites for hydroxylation is 1. The van der Waals surface area contributed by atoms with E-state index in [0.29, 0.717) is 12.0 Å². The molecule has 0 aromatic carbocycles. The van der Waals surface area contributed by atoms with Crippen molar-refractivity contribution < 1.29 is 0 Å². The lowest BCUT2D eigenvalue weighted by atomic mass is 9.80. The molecule has 0 spiro atoms. The molecule has 0 bridgehead atoms. The van der Waals surface area contributed by atoms with E-state index in [1.165, 1.54) is 56.2 Å². The Labute approximate surface area is 115 Å². The van der Waals surface area contributed by atoms with Gasteiger partial charge in [-0.15, -0.1) is 0 Å². The molecule has 2 N–H and O–H groups in total. The molecule has 2 nitrogen and oxygen atoms in total. The lowest BCUT2D eigenvalue weighted by Crippen LogP contribution is -2.34. The van der Waals surface area contributed by atoms with Crippen LogP contribution < -0.4 is 5.73 Å². The van der Waals surface area contributed by atoms with Gasteiger partial charge in [0, 0.05) is 23.9 Å². The summed E-state index contributed by atoms with van der Waals surface area (Å²) >= 11 is 0. The summed E-state index contributed by atoms with van der Waals surface area (Å²) in [5.41, 5.74) is 9.47. The van der Waals surface area contributed by atoms with Crippen molar-refractivity contribution in [1.29, 1.82) is 0 Å². The van der Waals surface area contributed by atoms with Gasteiger partial charge in [0.25, 0.3) is 0 Å². The number of aromatic nitrogens is 1. The van der Waals surface area contributed by atoms with Crippen LogP contribution in [-0.4, -0.2) is 11.0 Å². The predicted molar refractivity (Wildman–Crippen MR) is 76.8 cm³/mol. The fraction of sp³-hybridized carbons (Fsp3) is 0.706. The van der Waals surface area contributed by atoms with E-state index in [1.54, 1.807) is 0 Å². The van der Waals surface area contributed by atoms with Gasteiger partial charge in [-0.05, 0) is 61.5 Å². The van der Waals surface area contributed by atoms with E-state index in [2.05, 4.69) is 17.1 Å². The minimum absolute atomic E-state index is 0.363. The lowest BCUT2D eigenvalue weighted by Gasteiger charge is -2.29. The number of hydrogen-bond acceptors (Lipinski definition) is 2. The summed E-state index contributed by atoms with van der Waals surface area (Å²) < 4.78 is 0. The van der Waals surface area contributed by atoms with E-state index in [1.807, 2.05) is 6.20 Å². The number of pyridine rings is 1. The Hall–Kier alpha value is -0.890. The molecule has 0 saturated heterocycles. The summed E-state index contributed by atoms with van der Waals surface area (Å²) in [4.78, 5) is 4.67. The maximum atomic E-state index is 6.69. The first-order valence-corrected chi connectivity index (χ1v) is 8.05. The van der Waals surface area contributed by atoms with Gasteiger partial charge < -0.3 is 5.73 Å². The van der Waals surface area contributed by atoms with Crippen LogP contribution in [0.1, 0.15) is 55.7 Å². The van der Waals surface area contributed by atoms with Crippen LogP contribution in [0.5, 0.6) is 0 Å². The molecule has 3 aliphatic rings. The van der Waals surface area contributed by atoms with Crippen molar-refractivity contribution in [2.75, 3.05) is 0 Å². The molecule has 2 fully saturated rings. The van der Waals surface area contributed by atoms with E-state index >= 15 is 0 Å². The minimum atomic E-state index is 0.363. The summed E-state index contributed by atoms with van der Waals surface area (Å²) in [6.07, 6.45) is 11.4. The second-order valence-electron chi connectivity index (χ2n) is 6.81. The van der Waals surface area contributed by atoms with Gasteiger partial charge in [0.1, 0.15) is 0 Å². The summed E-state index contributed by atoms with van der Waals surface area (Å²) in [5.74, 6) is 3.25. The van der Waals surface area contributed by atoms with E-state index < -0.39 is 0 Å². The zero-order chi connectivity index (χ0) is 12.8. The van der Waals surface area contributed by atoms with Gasteiger partial charge in [0.2, 0.25) is 0 Å². The quantitative estimate of drug-likeness (QED) is 0.882. The first-order valence-electron chi connectivity index (χ1n) is 8.05. The standard InChI is InChI=1S/C17H24N2/c18-16(15-12-7-1-2-8-13(12)15)14-9-3-5-11-6-4-10-19-17(11)14/h4,6,10,12-16H,1-3,5,7-9,18H2. The Bertz CT molecular complexity index is 458. The second-order valence-corrected chi connectivity index (χ2v) is 6.81. The van der Waals surface area contributed by atoms with Gasteiger partial charge >= 0.3 is 0 Å². The van der Waals surface area contributed by atoms with E-state index in [9.17, 15) is 0 Å². The van der Waals surface area contributed by atoms with E-state index in [0.717, 1.165) is 17.8 Å². The third-order valence-electron chi connectivity index (χ3n) is 5.87. The van der Waals surface area contributed by atoms with Gasteiger partial charge in [0.15, 0.2) is 0 Å². The molecule has 2 heteroatoms. The zero-order valence-corrected chi connectivity index (χ0v) is 11.6. The first kappa shape index (κ1) is 11.9. The molecule has 0 radical (unpaired) electrons. The summed E-state index contributed by atoms with van der Waals surface area (Å²) in [7, 11) is 0. The van der Waals surface area contributed by atoms with Gasteiger partial charge in [-0.3, -0.25) is 4.98 Å². The average Bonchev–Trinajstić information content (AvgIpc) is 3.20. The van der Waals surface area contributed by atoms with Crippen molar-refractivity contribution in [3.8, 4) is 0 Å². The first-order chi connectivity index (χ1) is 9.36. The zero-order valence-electron chi connectivity index (χ0n) is 11.6. The van der Waals surface area contributed by atoms with Crippen LogP contribution in [-0.2, 0) is 6.42 Å². The van der Waals surface area contributed by atoms with Gasteiger partial charge in [0.05, 0.1) is 0 Å². The molecule has 3 aliphatic carbocycles. The molecule has 0 amide bonds. The van der Waals surface area contributed by atoms with Crippen molar-refractivity contribution in [2.45, 2.75) is 56.9 Å². The molecule has 102 valence electrons. The Morgan fingerprint density at radius 1 is 1.11 bits per heavy atom. The Morgan fingerprint density at radius 2 is 1.89 bits per heavy atom. The van der Waals surface area contributed by atoms with Crippen LogP contribution in [0.3, 0.4) is 0 Å². The molecule has 4 unspecified atom stereocenters. The van der Waals surface area contributed by atoms with Crippen LogP contribution >= 0.6 is 0 Å². The van der Waals surface area contributed by atoms with E-state index in [-0.39, 0.29) is 0 Å². The molecule has 4 atom stereocenters. The predicted octanol–water partition coefficient (Wildman–Crippen LogP) is 3.27. The molecule has 1 aromatic heterocycles. The number of hydrogen-bond donors (Lipinski definition) is 1. The number of fused-ring (bicyclic) bond motifs is 2. The van der Waals surface area contributed by atoms with Crippen molar-refractivity contribution in [2.24, 2.45) is 23.5 Å². The maximum Gasteiger partial charge on any atom is 0.0481 e. The highest BCUT2D eigenvalue weighted by Gasteiger charge is 2.55. The molecule has 19 heavy (non-hydrogen) atoms. The van der Waals surface area contributed by atoms with Crippen molar-refractivity contribution in [3.63, 3.8) is 0 Å². The lowest BCUT2D eigenvalue weighted by molar-refractivity contribution is 0.397. The molecular weight excluding hydrogens is 232 g/mol. The Morgan fingerprint density at radius 3 is 2.68 bits per heavy atom. The SMILES string of the molecule is NC(C1CCCc2cccnc21)C1C2CCCCC21. The molecular formula is C17H24N2. The summed E-state index contributed by atoms with van der Waals surface area (Å²) in [5, 5.41) is 0. The van der Waals surface area contributed by atoms with Crippen molar-refractivity contribution >= 4 is 0 Å². The van der Waals surface area contributed by atoms with Crippen LogP contribution in [0.15, 0.2) is 18.3 Å². The highest BCUT2D eigenvalue weighted by atomic mass is 14.8. The van der Waals surface area contributed by atoms with Crippen molar-refractivity contribution in [1.82, 2.24) is 4.98 Å². The fourth-order valence-electron chi connectivity index (χ4n) is 4.91. The van der Waals surface area contributed by atoms with Crippen LogP contribution in [0, 0.1) is 17.8 Å². The van der Waals surface area contributed by atoms with Gasteiger partial charge in [-0.2, -0.15) is 0 Å². The Kier molecular flexibility index (Phi) is 2.87. The van der Waals surface area contributed by atoms with Crippen LogP contribution in [0.2, 0.25) is 0 Å². The second kappa shape index (κ2) is 4.59. The average molecular weight is 256 g/mol. The molecule has 0 aliphatic heterocycles. The fourth-order valence-corrected chi connectivity index (χ4v) is 4.91. The van der Waals surface area contributed by atoms with Gasteiger partial charge in [-0.1, -0.05) is 18.9 Å². The number of nitrogens with two attached hydrogens (primary N) is 1. The summed E-state index contributed by atoms with van der Waals surface area (Å²) in [6.45, 7) is 0. The molecule has 1 heterocycles. The number of nitrogens with zero attached hydrogens (tertiary/aromatic N) is 1. The number of rotatable bonds is 2. The maximum absolute atomic E-state index is 6.69. The van der Waals surface area contributed by atoms with Crippen LogP contribution in [0.4, 0.5) is 0 Å². The summed E-state index contributed by atoms with van der Waals surface area (Å²) in [6, 6.07) is 4.69. The Balaban J connectivity index is 1.57. The smallest absolute Gasteiger partial charge is 0.0481 e. The third-order valence-corrected chi connectivity index (χ3v) is 5.87. The van der Waals surface area contributed by atoms with E-state index in [4.69, 9.17) is 5.73 Å². The normalized spacial score (nSPS) is 38.2. The minimum Gasteiger partial charge on any atom is -0.327 e.